The van der Waals surface area contributed by atoms with Gasteiger partial charge < -0.3 is 0 Å². The van der Waals surface area contributed by atoms with E-state index in [9.17, 15) is 0 Å². The van der Waals surface area contributed by atoms with E-state index in [1.807, 2.05) is 90.7 Å². The maximum Gasteiger partial charge on any atom is 0.0474 e. The lowest BCUT2D eigenvalue weighted by atomic mass is 10.1. The van der Waals surface area contributed by atoms with Crippen molar-refractivity contribution >= 4 is 90.7 Å². The molecule has 0 unspecified atom stereocenters. The van der Waals surface area contributed by atoms with Crippen LogP contribution in [-0.4, -0.2) is 0 Å². The summed E-state index contributed by atoms with van der Waals surface area (Å²) in [6.07, 6.45) is 12.9. The lowest BCUT2D eigenvalue weighted by Crippen LogP contribution is -1.85. The van der Waals surface area contributed by atoms with Crippen molar-refractivity contribution in [2.75, 3.05) is 0 Å². The standard InChI is InChI=1S/C44H42S8/c1-3-5-7-9-11-29-25-27-45-43(29)41-23-21-39(51-41)37-19-17-35(49-37)33-15-13-31(47-33)32-14-16-34(48-32)36-18-20-38(50-36)40-22-24-42(52-40)44-30(26-28-46-44)12-10-8-6-4-2/h13-28H,3-12H2,1-2H3. The topological polar surface area (TPSA) is 0 Å². The molecule has 8 heterocycles. The van der Waals surface area contributed by atoms with Gasteiger partial charge in [0.05, 0.1) is 0 Å². The fourth-order valence-electron chi connectivity index (χ4n) is 6.58. The Morgan fingerprint density at radius 2 is 0.577 bits per heavy atom. The third-order valence-electron chi connectivity index (χ3n) is 9.39. The second-order valence-electron chi connectivity index (χ2n) is 13.2. The van der Waals surface area contributed by atoms with Gasteiger partial charge in [-0.3, -0.25) is 0 Å². The molecule has 0 saturated heterocycles. The Balaban J connectivity index is 0.921. The second-order valence-corrected chi connectivity index (χ2v) is 21.5. The second kappa shape index (κ2) is 17.4. The van der Waals surface area contributed by atoms with E-state index >= 15 is 0 Å². The maximum atomic E-state index is 2.34. The van der Waals surface area contributed by atoms with Crippen molar-refractivity contribution in [3.63, 3.8) is 0 Å². The fraction of sp³-hybridized carbons (Fsp3) is 0.273. The molecule has 8 rings (SSSR count). The molecule has 266 valence electrons. The van der Waals surface area contributed by atoms with Crippen LogP contribution < -0.4 is 0 Å². The SMILES string of the molecule is CCCCCCc1ccsc1-c1ccc(-c2ccc(-c3ccc(-c4ccc(-c5ccc(-c6ccc(-c7sccc7CCCCCC)s6)s5)s4)s3)s2)s1. The Bertz CT molecular complexity index is 2150. The summed E-state index contributed by atoms with van der Waals surface area (Å²) in [5.41, 5.74) is 3.05. The van der Waals surface area contributed by atoms with Gasteiger partial charge in [0, 0.05) is 68.3 Å². The van der Waals surface area contributed by atoms with Crippen LogP contribution in [0.25, 0.3) is 68.3 Å². The summed E-state index contributed by atoms with van der Waals surface area (Å²) >= 11 is 15.4. The van der Waals surface area contributed by atoms with E-state index < -0.39 is 0 Å². The van der Waals surface area contributed by atoms with Crippen molar-refractivity contribution in [3.8, 4) is 68.3 Å². The lowest BCUT2D eigenvalue weighted by Gasteiger charge is -2.02. The minimum absolute atomic E-state index is 1.20. The molecule has 52 heavy (non-hydrogen) atoms. The van der Waals surface area contributed by atoms with Gasteiger partial charge in [-0.05, 0) is 132 Å². The molecule has 0 aliphatic heterocycles. The van der Waals surface area contributed by atoms with Gasteiger partial charge in [0.25, 0.3) is 0 Å². The predicted octanol–water partition coefficient (Wildman–Crippen LogP) is 18.1. The van der Waals surface area contributed by atoms with Crippen LogP contribution in [0.4, 0.5) is 0 Å². The molecule has 8 aromatic rings. The van der Waals surface area contributed by atoms with Crippen LogP contribution in [0.15, 0.2) is 95.7 Å². The summed E-state index contributed by atoms with van der Waals surface area (Å²) in [6.45, 7) is 4.57. The van der Waals surface area contributed by atoms with Crippen molar-refractivity contribution in [2.24, 2.45) is 0 Å². The van der Waals surface area contributed by atoms with Gasteiger partial charge in [-0.25, -0.2) is 0 Å². The highest BCUT2D eigenvalue weighted by Crippen LogP contribution is 2.48. The van der Waals surface area contributed by atoms with E-state index in [4.69, 9.17) is 0 Å². The van der Waals surface area contributed by atoms with E-state index in [0.717, 1.165) is 0 Å². The Morgan fingerprint density at radius 1 is 0.308 bits per heavy atom. The quantitative estimate of drug-likeness (QED) is 0.0802. The van der Waals surface area contributed by atoms with Crippen LogP contribution in [0.5, 0.6) is 0 Å². The normalized spacial score (nSPS) is 11.7. The van der Waals surface area contributed by atoms with Crippen LogP contribution in [0.2, 0.25) is 0 Å². The van der Waals surface area contributed by atoms with Crippen LogP contribution in [0.1, 0.15) is 76.3 Å². The molecular formula is C44H42S8. The van der Waals surface area contributed by atoms with Gasteiger partial charge in [0.1, 0.15) is 0 Å². The molecular weight excluding hydrogens is 785 g/mol. The summed E-state index contributed by atoms with van der Waals surface area (Å²) in [5, 5.41) is 4.54. The fourth-order valence-corrected chi connectivity index (χ4v) is 15.3. The molecule has 0 N–H and O–H groups in total. The number of hydrogen-bond acceptors (Lipinski definition) is 8. The summed E-state index contributed by atoms with van der Waals surface area (Å²) in [6, 6.07) is 32.5. The van der Waals surface area contributed by atoms with Gasteiger partial charge in [-0.2, -0.15) is 0 Å². The smallest absolute Gasteiger partial charge is 0.0474 e. The van der Waals surface area contributed by atoms with Crippen LogP contribution in [0.3, 0.4) is 0 Å². The third-order valence-corrected chi connectivity index (χ3v) is 19.2. The maximum absolute atomic E-state index is 2.34. The Morgan fingerprint density at radius 3 is 0.865 bits per heavy atom. The molecule has 0 atom stereocenters. The van der Waals surface area contributed by atoms with Crippen molar-refractivity contribution in [2.45, 2.75) is 78.1 Å². The van der Waals surface area contributed by atoms with Gasteiger partial charge in [-0.15, -0.1) is 90.7 Å². The highest BCUT2D eigenvalue weighted by Gasteiger charge is 2.16. The summed E-state index contributed by atoms with van der Waals surface area (Å²) < 4.78 is 0. The highest BCUT2D eigenvalue weighted by atomic mass is 32.1. The largest absolute Gasteiger partial charge is 0.143 e. The zero-order chi connectivity index (χ0) is 35.3. The molecule has 8 heteroatoms. The molecule has 0 saturated carbocycles. The third kappa shape index (κ3) is 8.30. The minimum Gasteiger partial charge on any atom is -0.143 e. The molecule has 0 aromatic carbocycles. The summed E-state index contributed by atoms with van der Waals surface area (Å²) in [5.74, 6) is 0. The Hall–Kier alpha value is -2.40. The average Bonchev–Trinajstić information content (AvgIpc) is 3.99. The number of unbranched alkanes of at least 4 members (excludes halogenated alkanes) is 6. The van der Waals surface area contributed by atoms with E-state index in [0.29, 0.717) is 0 Å². The molecule has 0 spiro atoms. The van der Waals surface area contributed by atoms with Gasteiger partial charge in [-0.1, -0.05) is 52.4 Å². The molecule has 8 aromatic heterocycles. The van der Waals surface area contributed by atoms with E-state index in [2.05, 4.69) is 110 Å². The first-order chi connectivity index (χ1) is 25.7. The van der Waals surface area contributed by atoms with Crippen LogP contribution >= 0.6 is 90.7 Å². The van der Waals surface area contributed by atoms with Gasteiger partial charge in [0.2, 0.25) is 0 Å². The molecule has 0 aliphatic carbocycles. The predicted molar refractivity (Wildman–Crippen MR) is 243 cm³/mol. The van der Waals surface area contributed by atoms with Crippen LogP contribution in [0, 0.1) is 0 Å². The zero-order valence-electron chi connectivity index (χ0n) is 29.6. The lowest BCUT2D eigenvalue weighted by molar-refractivity contribution is 0.668. The minimum atomic E-state index is 1.20. The van der Waals surface area contributed by atoms with Crippen LogP contribution in [-0.2, 0) is 12.8 Å². The Labute approximate surface area is 340 Å². The van der Waals surface area contributed by atoms with Crippen molar-refractivity contribution in [1.82, 2.24) is 0 Å². The van der Waals surface area contributed by atoms with E-state index in [1.165, 1.54) is 144 Å². The molecule has 0 fully saturated rings. The van der Waals surface area contributed by atoms with Gasteiger partial charge >= 0.3 is 0 Å². The number of aryl methyl sites for hydroxylation is 2. The van der Waals surface area contributed by atoms with Gasteiger partial charge in [0.15, 0.2) is 0 Å². The number of rotatable bonds is 17. The molecule has 0 amide bonds. The van der Waals surface area contributed by atoms with E-state index in [1.54, 1.807) is 0 Å². The van der Waals surface area contributed by atoms with Crippen molar-refractivity contribution < 1.29 is 0 Å². The molecule has 0 aliphatic rings. The first-order valence-corrected chi connectivity index (χ1v) is 25.1. The monoisotopic (exact) mass is 826 g/mol. The molecule has 0 bridgehead atoms. The van der Waals surface area contributed by atoms with Crippen molar-refractivity contribution in [1.29, 1.82) is 0 Å². The molecule has 0 radical (unpaired) electrons. The van der Waals surface area contributed by atoms with Crippen molar-refractivity contribution in [3.05, 3.63) is 107 Å². The average molecular weight is 827 g/mol. The number of thiophene rings is 8. The first kappa shape index (κ1) is 36.6. The highest BCUT2D eigenvalue weighted by molar-refractivity contribution is 7.31. The van der Waals surface area contributed by atoms with E-state index in [-0.39, 0.29) is 0 Å². The number of hydrogen-bond donors (Lipinski definition) is 0. The molecule has 0 nitrogen and oxygen atoms in total. The zero-order valence-corrected chi connectivity index (χ0v) is 36.1. The summed E-state index contributed by atoms with van der Waals surface area (Å²) in [4.78, 5) is 19.4. The Kier molecular flexibility index (Phi) is 12.2. The first-order valence-electron chi connectivity index (χ1n) is 18.4. The summed E-state index contributed by atoms with van der Waals surface area (Å²) in [7, 11) is 0.